The largest absolute Gasteiger partial charge is 0.497 e. The fourth-order valence-corrected chi connectivity index (χ4v) is 4.94. The molecular weight excluding hydrogens is 400 g/mol. The standard InChI is InChI=1S/C26H46O2Si2/c1-21(17-19-26(5,6)22-13-15-23(27-7)16-14-22)24(18-20-29(8,9)10)28-30(11,12)25(2,3)4/h13-21,24H,1-12H3/b19-17+,20-18+/t21-,24-/m1/s1. The highest BCUT2D eigenvalue weighted by Gasteiger charge is 2.39. The minimum absolute atomic E-state index is 0.0510. The van der Waals surface area contributed by atoms with E-state index >= 15 is 0 Å². The molecule has 2 atom stereocenters. The fraction of sp³-hybridized carbons (Fsp3) is 0.615. The zero-order valence-corrected chi connectivity index (χ0v) is 23.6. The third-order valence-corrected chi connectivity index (χ3v) is 11.9. The number of allylic oxidation sites excluding steroid dienone is 1. The van der Waals surface area contributed by atoms with E-state index in [1.807, 2.05) is 12.1 Å². The molecule has 1 aromatic carbocycles. The summed E-state index contributed by atoms with van der Waals surface area (Å²) < 4.78 is 12.2. The van der Waals surface area contributed by atoms with Crippen LogP contribution < -0.4 is 4.74 Å². The highest BCUT2D eigenvalue weighted by atomic mass is 28.4. The lowest BCUT2D eigenvalue weighted by Gasteiger charge is -2.40. The lowest BCUT2D eigenvalue weighted by molar-refractivity contribution is 0.189. The summed E-state index contributed by atoms with van der Waals surface area (Å²) in [5.41, 5.74) is 3.67. The number of hydrogen-bond acceptors (Lipinski definition) is 2. The number of benzene rings is 1. The van der Waals surface area contributed by atoms with Crippen molar-refractivity contribution < 1.29 is 9.16 Å². The van der Waals surface area contributed by atoms with Gasteiger partial charge in [-0.15, -0.1) is 0 Å². The Morgan fingerprint density at radius 2 is 1.40 bits per heavy atom. The Labute approximate surface area is 188 Å². The summed E-state index contributed by atoms with van der Waals surface area (Å²) in [5.74, 6) is 1.20. The first-order chi connectivity index (χ1) is 13.5. The van der Waals surface area contributed by atoms with Crippen molar-refractivity contribution in [2.24, 2.45) is 5.92 Å². The average Bonchev–Trinajstić information content (AvgIpc) is 2.61. The number of methoxy groups -OCH3 is 1. The minimum Gasteiger partial charge on any atom is -0.497 e. The van der Waals surface area contributed by atoms with Crippen molar-refractivity contribution in [2.75, 3.05) is 7.11 Å². The normalized spacial score (nSPS) is 16.3. The van der Waals surface area contributed by atoms with Crippen LogP contribution in [0.4, 0.5) is 0 Å². The van der Waals surface area contributed by atoms with E-state index in [1.54, 1.807) is 7.11 Å². The molecule has 0 radical (unpaired) electrons. The molecule has 0 aliphatic rings. The third-order valence-electron chi connectivity index (χ3n) is 6.19. The first-order valence-electron chi connectivity index (χ1n) is 11.2. The van der Waals surface area contributed by atoms with E-state index in [0.717, 1.165) is 5.75 Å². The van der Waals surface area contributed by atoms with Crippen LogP contribution >= 0.6 is 0 Å². The van der Waals surface area contributed by atoms with E-state index in [-0.39, 0.29) is 16.6 Å². The SMILES string of the molecule is COc1ccc(C(C)(C)/C=C/[C@@H](C)[C@@H](/C=C/[Si](C)(C)C)O[Si](C)(C)C(C)(C)C)cc1. The molecule has 0 aromatic heterocycles. The Hall–Kier alpha value is -1.11. The molecule has 0 heterocycles. The van der Waals surface area contributed by atoms with Crippen LogP contribution in [0.15, 0.2) is 48.2 Å². The summed E-state index contributed by atoms with van der Waals surface area (Å²) in [6.45, 7) is 25.6. The van der Waals surface area contributed by atoms with E-state index in [9.17, 15) is 0 Å². The maximum atomic E-state index is 6.87. The van der Waals surface area contributed by atoms with Crippen molar-refractivity contribution in [3.05, 3.63) is 53.8 Å². The van der Waals surface area contributed by atoms with Gasteiger partial charge in [-0.3, -0.25) is 0 Å². The fourth-order valence-electron chi connectivity index (χ4n) is 2.84. The first-order valence-corrected chi connectivity index (χ1v) is 17.7. The third kappa shape index (κ3) is 8.20. The molecule has 0 saturated carbocycles. The van der Waals surface area contributed by atoms with Gasteiger partial charge < -0.3 is 9.16 Å². The molecule has 1 aromatic rings. The summed E-state index contributed by atoms with van der Waals surface area (Å²) >= 11 is 0. The molecule has 0 N–H and O–H groups in total. The molecule has 1 rings (SSSR count). The maximum Gasteiger partial charge on any atom is 0.192 e. The van der Waals surface area contributed by atoms with E-state index in [0.29, 0.717) is 5.92 Å². The predicted molar refractivity (Wildman–Crippen MR) is 139 cm³/mol. The van der Waals surface area contributed by atoms with Gasteiger partial charge in [0.05, 0.1) is 21.3 Å². The zero-order valence-electron chi connectivity index (χ0n) is 21.6. The van der Waals surface area contributed by atoms with Crippen LogP contribution in [-0.2, 0) is 9.84 Å². The van der Waals surface area contributed by atoms with Gasteiger partial charge >= 0.3 is 0 Å². The van der Waals surface area contributed by atoms with E-state index < -0.39 is 16.4 Å². The molecule has 30 heavy (non-hydrogen) atoms. The summed E-state index contributed by atoms with van der Waals surface area (Å²) in [7, 11) is -1.44. The van der Waals surface area contributed by atoms with Crippen molar-refractivity contribution in [3.8, 4) is 5.75 Å². The molecule has 170 valence electrons. The van der Waals surface area contributed by atoms with Gasteiger partial charge in [0.1, 0.15) is 5.75 Å². The van der Waals surface area contributed by atoms with Gasteiger partial charge in [0.25, 0.3) is 0 Å². The maximum absolute atomic E-state index is 6.87. The van der Waals surface area contributed by atoms with Crippen molar-refractivity contribution in [3.63, 3.8) is 0 Å². The molecule has 0 saturated heterocycles. The van der Waals surface area contributed by atoms with Crippen LogP contribution in [0.1, 0.15) is 47.1 Å². The van der Waals surface area contributed by atoms with Gasteiger partial charge in [-0.25, -0.2) is 0 Å². The summed E-state index contributed by atoms with van der Waals surface area (Å²) in [6.07, 6.45) is 7.14. The molecule has 2 nitrogen and oxygen atoms in total. The Morgan fingerprint density at radius 1 is 0.867 bits per heavy atom. The molecule has 0 fully saturated rings. The lowest BCUT2D eigenvalue weighted by atomic mass is 9.83. The second kappa shape index (κ2) is 10.0. The van der Waals surface area contributed by atoms with Gasteiger partial charge in [-0.1, -0.05) is 97.2 Å². The van der Waals surface area contributed by atoms with Crippen LogP contribution in [0.25, 0.3) is 0 Å². The van der Waals surface area contributed by atoms with Gasteiger partial charge in [-0.05, 0) is 35.8 Å². The van der Waals surface area contributed by atoms with Crippen molar-refractivity contribution in [2.45, 2.75) is 90.8 Å². The topological polar surface area (TPSA) is 18.5 Å². The van der Waals surface area contributed by atoms with Crippen LogP contribution in [0, 0.1) is 5.92 Å². The van der Waals surface area contributed by atoms with Gasteiger partial charge in [0, 0.05) is 11.3 Å². The Bertz CT molecular complexity index is 717. The van der Waals surface area contributed by atoms with Crippen molar-refractivity contribution >= 4 is 16.4 Å². The second-order valence-corrected chi connectivity index (χ2v) is 21.6. The molecule has 0 unspecified atom stereocenters. The van der Waals surface area contributed by atoms with E-state index in [4.69, 9.17) is 9.16 Å². The van der Waals surface area contributed by atoms with Gasteiger partial charge in [-0.2, -0.15) is 0 Å². The predicted octanol–water partition coefficient (Wildman–Crippen LogP) is 7.99. The summed E-state index contributed by atoms with van der Waals surface area (Å²) in [4.78, 5) is 0. The van der Waals surface area contributed by atoms with E-state index in [2.05, 4.69) is 110 Å². The zero-order chi connectivity index (χ0) is 23.4. The Balaban J connectivity index is 3.12. The molecule has 0 bridgehead atoms. The number of rotatable bonds is 9. The highest BCUT2D eigenvalue weighted by molar-refractivity contribution is 6.81. The minimum atomic E-state index is -1.86. The Kier molecular flexibility index (Phi) is 8.99. The summed E-state index contributed by atoms with van der Waals surface area (Å²) in [6, 6.07) is 8.38. The quantitative estimate of drug-likeness (QED) is 0.282. The smallest absolute Gasteiger partial charge is 0.192 e. The summed E-state index contributed by atoms with van der Waals surface area (Å²) in [5, 5.41) is 0.198. The van der Waals surface area contributed by atoms with Crippen LogP contribution in [0.5, 0.6) is 5.75 Å². The monoisotopic (exact) mass is 446 g/mol. The number of ether oxygens (including phenoxy) is 1. The number of hydrogen-bond donors (Lipinski definition) is 0. The van der Waals surface area contributed by atoms with Crippen molar-refractivity contribution in [1.29, 1.82) is 0 Å². The highest BCUT2D eigenvalue weighted by Crippen LogP contribution is 2.38. The Morgan fingerprint density at radius 3 is 1.83 bits per heavy atom. The molecule has 0 amide bonds. The van der Waals surface area contributed by atoms with Gasteiger partial charge in [0.2, 0.25) is 0 Å². The molecule has 0 spiro atoms. The molecule has 0 aliphatic carbocycles. The molecule has 4 heteroatoms. The second-order valence-electron chi connectivity index (χ2n) is 11.7. The molecular formula is C26H46O2Si2. The van der Waals surface area contributed by atoms with Crippen molar-refractivity contribution in [1.82, 2.24) is 0 Å². The first kappa shape index (κ1) is 26.9. The van der Waals surface area contributed by atoms with Crippen LogP contribution in [0.3, 0.4) is 0 Å². The van der Waals surface area contributed by atoms with Crippen LogP contribution in [-0.4, -0.2) is 29.6 Å². The lowest BCUT2D eigenvalue weighted by Crippen LogP contribution is -2.45. The molecule has 0 aliphatic heterocycles. The van der Waals surface area contributed by atoms with E-state index in [1.165, 1.54) is 5.56 Å². The average molecular weight is 447 g/mol. The van der Waals surface area contributed by atoms with Crippen LogP contribution in [0.2, 0.25) is 37.8 Å². The van der Waals surface area contributed by atoms with Gasteiger partial charge in [0.15, 0.2) is 8.32 Å².